The number of ether oxygens (including phenoxy) is 1. The first kappa shape index (κ1) is 20.0. The highest BCUT2D eigenvalue weighted by molar-refractivity contribution is 8.01. The summed E-state index contributed by atoms with van der Waals surface area (Å²) in [6.07, 6.45) is 0. The maximum absolute atomic E-state index is 12.4. The molecular weight excluding hydrogens is 372 g/mol. The van der Waals surface area contributed by atoms with E-state index in [9.17, 15) is 14.4 Å². The maximum Gasteiger partial charge on any atom is 0.318 e. The number of hydrogen-bond donors (Lipinski definition) is 2. The summed E-state index contributed by atoms with van der Waals surface area (Å²) in [6.45, 7) is 3.36. The van der Waals surface area contributed by atoms with E-state index in [1.807, 2.05) is 30.3 Å². The van der Waals surface area contributed by atoms with Crippen LogP contribution in [-0.2, 0) is 14.3 Å². The Bertz CT molecular complexity index is 805. The summed E-state index contributed by atoms with van der Waals surface area (Å²) >= 11 is 2.46. The Morgan fingerprint density at radius 3 is 2.38 bits per heavy atom. The summed E-state index contributed by atoms with van der Waals surface area (Å²) in [7, 11) is 1.31. The highest BCUT2D eigenvalue weighted by atomic mass is 32.2. The van der Waals surface area contributed by atoms with E-state index in [4.69, 9.17) is 5.73 Å². The lowest BCUT2D eigenvalue weighted by molar-refractivity contribution is -0.139. The molecule has 6 nitrogen and oxygen atoms in total. The Balaban J connectivity index is 2.17. The lowest BCUT2D eigenvalue weighted by Gasteiger charge is -2.15. The van der Waals surface area contributed by atoms with Gasteiger partial charge in [0.1, 0.15) is 10.3 Å². The van der Waals surface area contributed by atoms with Gasteiger partial charge < -0.3 is 15.8 Å². The van der Waals surface area contributed by atoms with E-state index in [2.05, 4.69) is 10.1 Å². The summed E-state index contributed by atoms with van der Waals surface area (Å²) in [4.78, 5) is 36.5. The van der Waals surface area contributed by atoms with Gasteiger partial charge in [-0.1, -0.05) is 30.3 Å². The minimum Gasteiger partial charge on any atom is -0.468 e. The topological polar surface area (TPSA) is 98.5 Å². The number of carbonyl (C=O) groups excluding carboxylic acids is 3. The quantitative estimate of drug-likeness (QED) is 0.706. The second-order valence-electron chi connectivity index (χ2n) is 5.52. The van der Waals surface area contributed by atoms with Crippen LogP contribution in [0.4, 0.5) is 5.00 Å². The van der Waals surface area contributed by atoms with Crippen molar-refractivity contribution in [1.29, 1.82) is 0 Å². The molecule has 1 aromatic heterocycles. The van der Waals surface area contributed by atoms with Crippen molar-refractivity contribution in [3.63, 3.8) is 0 Å². The third-order valence-electron chi connectivity index (χ3n) is 3.60. The van der Waals surface area contributed by atoms with Crippen molar-refractivity contribution in [2.75, 3.05) is 12.4 Å². The number of methoxy groups -OCH3 is 1. The van der Waals surface area contributed by atoms with E-state index >= 15 is 0 Å². The molecule has 0 aliphatic heterocycles. The molecule has 0 saturated heterocycles. The zero-order valence-electron chi connectivity index (χ0n) is 14.6. The van der Waals surface area contributed by atoms with Crippen molar-refractivity contribution in [2.45, 2.75) is 24.3 Å². The second-order valence-corrected chi connectivity index (χ2v) is 8.26. The van der Waals surface area contributed by atoms with E-state index < -0.39 is 22.4 Å². The van der Waals surface area contributed by atoms with Crippen LogP contribution in [-0.4, -0.2) is 35.4 Å². The molecule has 138 valence electrons. The molecule has 0 radical (unpaired) electrons. The van der Waals surface area contributed by atoms with Crippen molar-refractivity contribution in [2.24, 2.45) is 5.73 Å². The van der Waals surface area contributed by atoms with Crippen molar-refractivity contribution in [1.82, 2.24) is 0 Å². The van der Waals surface area contributed by atoms with Crippen LogP contribution in [0, 0.1) is 0 Å². The number of anilines is 1. The highest BCUT2D eigenvalue weighted by Crippen LogP contribution is 2.35. The number of thioether (sulfide) groups is 1. The lowest BCUT2D eigenvalue weighted by atomic mass is 10.1. The standard InChI is InChI=1S/C18H20N2O4S2/c1-10(25-11(2)18(23)24-3)16(22)20-17-13(15(19)21)9-14(26-17)12-7-5-4-6-8-12/h4-11H,1-3H3,(H2,19,21)(H,20,22). The zero-order valence-corrected chi connectivity index (χ0v) is 16.3. The number of primary amides is 1. The van der Waals surface area contributed by atoms with Gasteiger partial charge in [-0.15, -0.1) is 23.1 Å². The predicted molar refractivity (Wildman–Crippen MR) is 105 cm³/mol. The Morgan fingerprint density at radius 1 is 1.15 bits per heavy atom. The number of benzene rings is 1. The van der Waals surface area contributed by atoms with Crippen LogP contribution in [0.5, 0.6) is 0 Å². The van der Waals surface area contributed by atoms with E-state index in [1.165, 1.54) is 30.2 Å². The molecular formula is C18H20N2O4S2. The summed E-state index contributed by atoms with van der Waals surface area (Å²) in [5, 5.41) is 2.17. The van der Waals surface area contributed by atoms with Gasteiger partial charge in [-0.05, 0) is 25.5 Å². The fourth-order valence-electron chi connectivity index (χ4n) is 2.21. The first-order valence-electron chi connectivity index (χ1n) is 7.86. The minimum atomic E-state index is -0.609. The van der Waals surface area contributed by atoms with Crippen molar-refractivity contribution >= 4 is 45.9 Å². The van der Waals surface area contributed by atoms with Crippen LogP contribution in [0.25, 0.3) is 10.4 Å². The van der Waals surface area contributed by atoms with Crippen LogP contribution in [0.2, 0.25) is 0 Å². The van der Waals surface area contributed by atoms with Crippen molar-refractivity contribution in [3.8, 4) is 10.4 Å². The molecule has 2 aromatic rings. The maximum atomic E-state index is 12.4. The number of amides is 2. The van der Waals surface area contributed by atoms with Gasteiger partial charge in [-0.3, -0.25) is 14.4 Å². The monoisotopic (exact) mass is 392 g/mol. The first-order chi connectivity index (χ1) is 12.3. The molecule has 0 aliphatic carbocycles. The fourth-order valence-corrected chi connectivity index (χ4v) is 4.29. The molecule has 0 aliphatic rings. The van der Waals surface area contributed by atoms with Gasteiger partial charge in [0.2, 0.25) is 5.91 Å². The first-order valence-corrected chi connectivity index (χ1v) is 9.62. The number of rotatable bonds is 7. The molecule has 26 heavy (non-hydrogen) atoms. The van der Waals surface area contributed by atoms with Crippen LogP contribution >= 0.6 is 23.1 Å². The molecule has 0 fully saturated rings. The smallest absolute Gasteiger partial charge is 0.318 e. The summed E-state index contributed by atoms with van der Waals surface area (Å²) in [6, 6.07) is 11.2. The molecule has 2 amide bonds. The zero-order chi connectivity index (χ0) is 19.3. The molecule has 2 unspecified atom stereocenters. The third-order valence-corrected chi connectivity index (χ3v) is 5.93. The Morgan fingerprint density at radius 2 is 1.81 bits per heavy atom. The van der Waals surface area contributed by atoms with Crippen LogP contribution in [0.3, 0.4) is 0 Å². The number of esters is 1. The molecule has 0 bridgehead atoms. The highest BCUT2D eigenvalue weighted by Gasteiger charge is 2.24. The van der Waals surface area contributed by atoms with Gasteiger partial charge in [0.05, 0.1) is 17.9 Å². The van der Waals surface area contributed by atoms with Gasteiger partial charge in [-0.2, -0.15) is 0 Å². The van der Waals surface area contributed by atoms with Crippen LogP contribution in [0.1, 0.15) is 24.2 Å². The number of carbonyl (C=O) groups is 3. The molecule has 2 rings (SSSR count). The van der Waals surface area contributed by atoms with E-state index in [0.29, 0.717) is 5.00 Å². The average molecular weight is 393 g/mol. The molecule has 0 spiro atoms. The molecule has 3 N–H and O–H groups in total. The molecule has 1 aromatic carbocycles. The fraction of sp³-hybridized carbons (Fsp3) is 0.278. The van der Waals surface area contributed by atoms with Crippen molar-refractivity contribution in [3.05, 3.63) is 42.0 Å². The number of thiophene rings is 1. The second kappa shape index (κ2) is 8.86. The normalized spacial score (nSPS) is 12.9. The number of nitrogens with two attached hydrogens (primary N) is 1. The van der Waals surface area contributed by atoms with Crippen molar-refractivity contribution < 1.29 is 19.1 Å². The molecule has 8 heteroatoms. The summed E-state index contributed by atoms with van der Waals surface area (Å²) < 4.78 is 4.66. The number of hydrogen-bond acceptors (Lipinski definition) is 6. The van der Waals surface area contributed by atoms with Gasteiger partial charge in [-0.25, -0.2) is 0 Å². The van der Waals surface area contributed by atoms with E-state index in [-0.39, 0.29) is 11.5 Å². The molecule has 2 atom stereocenters. The summed E-state index contributed by atoms with van der Waals surface area (Å²) in [5.74, 6) is -1.31. The van der Waals surface area contributed by atoms with Gasteiger partial charge >= 0.3 is 5.97 Å². The SMILES string of the molecule is COC(=O)C(C)SC(C)C(=O)Nc1sc(-c2ccccc2)cc1C(N)=O. The van der Waals surface area contributed by atoms with Gasteiger partial charge in [0, 0.05) is 4.88 Å². The number of nitrogens with one attached hydrogen (secondary N) is 1. The van der Waals surface area contributed by atoms with Crippen LogP contribution in [0.15, 0.2) is 36.4 Å². The predicted octanol–water partition coefficient (Wildman–Crippen LogP) is 3.14. The van der Waals surface area contributed by atoms with Crippen LogP contribution < -0.4 is 11.1 Å². The summed E-state index contributed by atoms with van der Waals surface area (Å²) in [5.41, 5.74) is 6.64. The van der Waals surface area contributed by atoms with E-state index in [0.717, 1.165) is 10.4 Å². The Hall–Kier alpha value is -2.32. The Kier molecular flexibility index (Phi) is 6.82. The lowest BCUT2D eigenvalue weighted by Crippen LogP contribution is -2.27. The molecule has 0 saturated carbocycles. The van der Waals surface area contributed by atoms with Gasteiger partial charge in [0.25, 0.3) is 5.91 Å². The minimum absolute atomic E-state index is 0.264. The largest absolute Gasteiger partial charge is 0.468 e. The third kappa shape index (κ3) is 4.86. The van der Waals surface area contributed by atoms with E-state index in [1.54, 1.807) is 19.9 Å². The Labute approximate surface area is 160 Å². The van der Waals surface area contributed by atoms with Gasteiger partial charge in [0.15, 0.2) is 0 Å². The average Bonchev–Trinajstić information content (AvgIpc) is 3.05. The molecule has 1 heterocycles.